The highest BCUT2D eigenvalue weighted by Gasteiger charge is 2.15. The molecule has 0 saturated carbocycles. The monoisotopic (exact) mass is 287 g/mol. The van der Waals surface area contributed by atoms with Gasteiger partial charge in [0.2, 0.25) is 0 Å². The Kier molecular flexibility index (Phi) is 4.03. The van der Waals surface area contributed by atoms with Crippen LogP contribution < -0.4 is 16.0 Å². The molecule has 7 nitrogen and oxygen atoms in total. The van der Waals surface area contributed by atoms with Gasteiger partial charge in [0.05, 0.1) is 23.4 Å². The van der Waals surface area contributed by atoms with Crippen LogP contribution in [0.15, 0.2) is 41.0 Å². The maximum absolute atomic E-state index is 11.9. The second kappa shape index (κ2) is 5.91. The topological polar surface area (TPSA) is 111 Å². The average molecular weight is 287 g/mol. The van der Waals surface area contributed by atoms with E-state index >= 15 is 0 Å². The minimum absolute atomic E-state index is 0.110. The molecule has 108 valence electrons. The molecule has 0 saturated heterocycles. The second-order valence-electron chi connectivity index (χ2n) is 4.13. The molecular weight excluding hydrogens is 276 g/mol. The molecule has 1 aromatic heterocycles. The van der Waals surface area contributed by atoms with Crippen LogP contribution in [0.4, 0.5) is 0 Å². The number of carboxylic acids is 1. The van der Waals surface area contributed by atoms with Gasteiger partial charge in [0.25, 0.3) is 11.8 Å². The van der Waals surface area contributed by atoms with Crippen LogP contribution in [-0.4, -0.2) is 17.8 Å². The maximum Gasteiger partial charge on any atom is 0.273 e. The summed E-state index contributed by atoms with van der Waals surface area (Å²) in [4.78, 5) is 34.6. The van der Waals surface area contributed by atoms with Gasteiger partial charge >= 0.3 is 0 Å². The fourth-order valence-corrected chi connectivity index (χ4v) is 1.73. The van der Waals surface area contributed by atoms with E-state index in [4.69, 9.17) is 4.42 Å². The van der Waals surface area contributed by atoms with Gasteiger partial charge in [0, 0.05) is 5.56 Å². The van der Waals surface area contributed by atoms with Crippen molar-refractivity contribution in [3.63, 3.8) is 0 Å². The number of carboxylic acid groups (broad SMARTS) is 1. The fourth-order valence-electron chi connectivity index (χ4n) is 1.73. The van der Waals surface area contributed by atoms with E-state index in [1.54, 1.807) is 6.92 Å². The number of furan rings is 1. The van der Waals surface area contributed by atoms with E-state index in [0.29, 0.717) is 5.76 Å². The summed E-state index contributed by atoms with van der Waals surface area (Å²) in [6.45, 7) is 1.60. The predicted octanol–water partition coefficient (Wildman–Crippen LogP) is 0.0263. The largest absolute Gasteiger partial charge is 0.545 e. The number of hydrogen-bond donors (Lipinski definition) is 2. The minimum Gasteiger partial charge on any atom is -0.545 e. The molecule has 0 atom stereocenters. The molecule has 0 aliphatic rings. The first-order valence-electron chi connectivity index (χ1n) is 5.96. The van der Waals surface area contributed by atoms with Gasteiger partial charge in [-0.15, -0.1) is 0 Å². The van der Waals surface area contributed by atoms with Gasteiger partial charge in [-0.3, -0.25) is 20.4 Å². The van der Waals surface area contributed by atoms with E-state index in [0.717, 1.165) is 0 Å². The SMILES string of the molecule is Cc1occc1C(=O)NNC(=O)c1ccccc1C(=O)[O-]. The van der Waals surface area contributed by atoms with Crippen molar-refractivity contribution in [3.8, 4) is 0 Å². The molecular formula is C14H11N2O5-. The Morgan fingerprint density at radius 3 is 2.05 bits per heavy atom. The molecule has 0 unspecified atom stereocenters. The molecule has 0 aliphatic carbocycles. The van der Waals surface area contributed by atoms with Crippen molar-refractivity contribution in [1.82, 2.24) is 10.9 Å². The molecule has 0 spiro atoms. The van der Waals surface area contributed by atoms with Gasteiger partial charge in [-0.25, -0.2) is 0 Å². The first-order valence-corrected chi connectivity index (χ1v) is 5.96. The van der Waals surface area contributed by atoms with Crippen LogP contribution in [0.25, 0.3) is 0 Å². The summed E-state index contributed by atoms with van der Waals surface area (Å²) >= 11 is 0. The van der Waals surface area contributed by atoms with E-state index in [9.17, 15) is 19.5 Å². The summed E-state index contributed by atoms with van der Waals surface area (Å²) in [6.07, 6.45) is 1.34. The third-order valence-corrected chi connectivity index (χ3v) is 2.78. The Morgan fingerprint density at radius 1 is 0.952 bits per heavy atom. The third-order valence-electron chi connectivity index (χ3n) is 2.78. The molecule has 0 aliphatic heterocycles. The van der Waals surface area contributed by atoms with E-state index < -0.39 is 17.8 Å². The number of nitrogens with one attached hydrogen (secondary N) is 2. The predicted molar refractivity (Wildman–Crippen MR) is 69.1 cm³/mol. The zero-order valence-electron chi connectivity index (χ0n) is 11.0. The lowest BCUT2D eigenvalue weighted by molar-refractivity contribution is -0.255. The van der Waals surface area contributed by atoms with Crippen molar-refractivity contribution in [2.24, 2.45) is 0 Å². The molecule has 2 amide bonds. The van der Waals surface area contributed by atoms with Crippen LogP contribution in [0.2, 0.25) is 0 Å². The number of amides is 2. The van der Waals surface area contributed by atoms with E-state index in [1.165, 1.54) is 36.6 Å². The molecule has 2 aromatic rings. The first-order chi connectivity index (χ1) is 10.0. The minimum atomic E-state index is -1.47. The number of carbonyl (C=O) groups is 3. The van der Waals surface area contributed by atoms with Gasteiger partial charge in [-0.2, -0.15) is 0 Å². The van der Waals surface area contributed by atoms with Crippen molar-refractivity contribution in [2.45, 2.75) is 6.92 Å². The van der Waals surface area contributed by atoms with Crippen molar-refractivity contribution in [1.29, 1.82) is 0 Å². The molecule has 7 heteroatoms. The Bertz CT molecular complexity index is 705. The molecule has 2 rings (SSSR count). The number of hydrogen-bond acceptors (Lipinski definition) is 5. The molecule has 0 radical (unpaired) electrons. The van der Waals surface area contributed by atoms with Crippen molar-refractivity contribution < 1.29 is 23.9 Å². The van der Waals surface area contributed by atoms with Crippen LogP contribution >= 0.6 is 0 Å². The number of hydrazine groups is 1. The summed E-state index contributed by atoms with van der Waals surface area (Å²) in [5, 5.41) is 10.9. The summed E-state index contributed by atoms with van der Waals surface area (Å²) in [5.74, 6) is -2.40. The first kappa shape index (κ1) is 14.3. The van der Waals surface area contributed by atoms with Gasteiger partial charge in [0.15, 0.2) is 0 Å². The van der Waals surface area contributed by atoms with Crippen LogP contribution in [0, 0.1) is 6.92 Å². The second-order valence-corrected chi connectivity index (χ2v) is 4.13. The Labute approximate surface area is 119 Å². The smallest absolute Gasteiger partial charge is 0.273 e. The molecule has 2 N–H and O–H groups in total. The number of aryl methyl sites for hydroxylation is 1. The lowest BCUT2D eigenvalue weighted by Gasteiger charge is -2.11. The lowest BCUT2D eigenvalue weighted by Crippen LogP contribution is -2.42. The van der Waals surface area contributed by atoms with Crippen LogP contribution in [-0.2, 0) is 0 Å². The number of benzene rings is 1. The zero-order valence-corrected chi connectivity index (χ0v) is 11.0. The highest BCUT2D eigenvalue weighted by Crippen LogP contribution is 2.09. The highest BCUT2D eigenvalue weighted by molar-refractivity contribution is 6.05. The van der Waals surface area contributed by atoms with Gasteiger partial charge in [-0.05, 0) is 19.1 Å². The van der Waals surface area contributed by atoms with E-state index in [2.05, 4.69) is 10.9 Å². The molecule has 1 heterocycles. The van der Waals surface area contributed by atoms with Crippen molar-refractivity contribution in [3.05, 3.63) is 59.0 Å². The molecule has 1 aromatic carbocycles. The Hall–Kier alpha value is -3.09. The van der Waals surface area contributed by atoms with Gasteiger partial charge in [0.1, 0.15) is 5.76 Å². The number of carbonyl (C=O) groups excluding carboxylic acids is 3. The van der Waals surface area contributed by atoms with E-state index in [-0.39, 0.29) is 16.7 Å². The van der Waals surface area contributed by atoms with Crippen molar-refractivity contribution in [2.75, 3.05) is 0 Å². The standard InChI is InChI=1S/C14H12N2O5/c1-8-9(6-7-21-8)12(17)15-16-13(18)10-4-2-3-5-11(10)14(19)20/h2-7H,1H3,(H,15,17)(H,16,18)(H,19,20)/p-1. The molecule has 0 fully saturated rings. The van der Waals surface area contributed by atoms with Gasteiger partial charge in [-0.1, -0.05) is 18.2 Å². The summed E-state index contributed by atoms with van der Waals surface area (Å²) < 4.78 is 4.97. The fraction of sp³-hybridized carbons (Fsp3) is 0.0714. The number of aromatic carboxylic acids is 1. The molecule has 0 bridgehead atoms. The Morgan fingerprint density at radius 2 is 1.52 bits per heavy atom. The van der Waals surface area contributed by atoms with E-state index in [1.807, 2.05) is 0 Å². The van der Waals surface area contributed by atoms with Crippen LogP contribution in [0.5, 0.6) is 0 Å². The van der Waals surface area contributed by atoms with Crippen molar-refractivity contribution >= 4 is 17.8 Å². The van der Waals surface area contributed by atoms with Gasteiger partial charge < -0.3 is 14.3 Å². The maximum atomic E-state index is 11.9. The number of rotatable bonds is 3. The third kappa shape index (κ3) is 3.08. The summed E-state index contributed by atoms with van der Waals surface area (Å²) in [5.41, 5.74) is 4.21. The summed E-state index contributed by atoms with van der Waals surface area (Å²) in [6, 6.07) is 6.98. The average Bonchev–Trinajstić information content (AvgIpc) is 2.90. The highest BCUT2D eigenvalue weighted by atomic mass is 16.4. The van der Waals surface area contributed by atoms with Crippen LogP contribution in [0.3, 0.4) is 0 Å². The lowest BCUT2D eigenvalue weighted by atomic mass is 10.1. The molecule has 21 heavy (non-hydrogen) atoms. The Balaban J connectivity index is 2.08. The quantitative estimate of drug-likeness (QED) is 0.773. The zero-order chi connectivity index (χ0) is 15.4. The summed E-state index contributed by atoms with van der Waals surface area (Å²) in [7, 11) is 0. The normalized spacial score (nSPS) is 9.95. The van der Waals surface area contributed by atoms with Crippen LogP contribution in [0.1, 0.15) is 36.8 Å².